The highest BCUT2D eigenvalue weighted by atomic mass is 16.3. The van der Waals surface area contributed by atoms with Gasteiger partial charge in [0.15, 0.2) is 0 Å². The largest absolute Gasteiger partial charge is 0.396 e. The van der Waals surface area contributed by atoms with Crippen LogP contribution in [0.3, 0.4) is 0 Å². The number of hydrogen-bond donors (Lipinski definition) is 3. The molecule has 0 aliphatic heterocycles. The molecule has 0 aromatic heterocycles. The number of carbonyl (C=O) groups is 5. The van der Waals surface area contributed by atoms with E-state index >= 15 is 0 Å². The minimum Gasteiger partial charge on any atom is -0.396 e. The summed E-state index contributed by atoms with van der Waals surface area (Å²) in [4.78, 5) is 59.1. The van der Waals surface area contributed by atoms with Crippen LogP contribution in [0, 0.1) is 0 Å². The van der Waals surface area contributed by atoms with Crippen molar-refractivity contribution in [3.05, 3.63) is 29.8 Å². The van der Waals surface area contributed by atoms with E-state index in [0.717, 1.165) is 6.92 Å². The molecule has 0 saturated carbocycles. The minimum atomic E-state index is -1.11. The number of nitrogens with one attached hydrogen (secondary N) is 1. The van der Waals surface area contributed by atoms with Gasteiger partial charge in [-0.25, -0.2) is 4.90 Å². The predicted molar refractivity (Wildman–Crippen MR) is 110 cm³/mol. The van der Waals surface area contributed by atoms with Crippen LogP contribution in [-0.4, -0.2) is 52.1 Å². The molecule has 0 radical (unpaired) electrons. The summed E-state index contributed by atoms with van der Waals surface area (Å²) in [5, 5.41) is 11.6. The van der Waals surface area contributed by atoms with Gasteiger partial charge in [0.05, 0.1) is 19.1 Å². The molecule has 0 fully saturated rings. The van der Waals surface area contributed by atoms with E-state index in [0.29, 0.717) is 41.8 Å². The second-order valence-electron chi connectivity index (χ2n) is 7.02. The molecule has 4 amide bonds. The second kappa shape index (κ2) is 12.6. The molecule has 30 heavy (non-hydrogen) atoms. The van der Waals surface area contributed by atoms with E-state index in [-0.39, 0.29) is 24.5 Å². The van der Waals surface area contributed by atoms with Crippen molar-refractivity contribution in [3.63, 3.8) is 0 Å². The maximum Gasteiger partial charge on any atom is 0.253 e. The standard InChI is InChI=1S/C21H29N3O6/c1-14(26)5-3-4-6-19(28)23-17-9-7-16(8-10-17)13-18(22)21(30)24(15(2)27)20(29)11-12-25/h7-10,18,25H,3-6,11-13,22H2,1-2H3,(H,23,28)/t18-/m0/s1. The highest BCUT2D eigenvalue weighted by Gasteiger charge is 2.29. The Morgan fingerprint density at radius 1 is 1.00 bits per heavy atom. The Morgan fingerprint density at radius 3 is 2.13 bits per heavy atom. The molecule has 4 N–H and O–H groups in total. The summed E-state index contributed by atoms with van der Waals surface area (Å²) in [6.07, 6.45) is 1.83. The highest BCUT2D eigenvalue weighted by Crippen LogP contribution is 2.13. The van der Waals surface area contributed by atoms with E-state index in [1.807, 2.05) is 0 Å². The first kappa shape index (κ1) is 25.1. The summed E-state index contributed by atoms with van der Waals surface area (Å²) in [7, 11) is 0. The van der Waals surface area contributed by atoms with Crippen molar-refractivity contribution in [1.82, 2.24) is 4.90 Å². The normalized spacial score (nSPS) is 11.5. The van der Waals surface area contributed by atoms with Gasteiger partial charge in [0.25, 0.3) is 5.91 Å². The summed E-state index contributed by atoms with van der Waals surface area (Å²) in [6, 6.07) is 5.59. The molecular weight excluding hydrogens is 390 g/mol. The van der Waals surface area contributed by atoms with E-state index in [4.69, 9.17) is 10.8 Å². The number of aliphatic hydroxyl groups excluding tert-OH is 1. The van der Waals surface area contributed by atoms with Crippen LogP contribution in [0.2, 0.25) is 0 Å². The zero-order chi connectivity index (χ0) is 22.7. The molecule has 0 heterocycles. The van der Waals surface area contributed by atoms with Gasteiger partial charge in [0, 0.05) is 25.5 Å². The monoisotopic (exact) mass is 419 g/mol. The number of unbranched alkanes of at least 4 members (excludes halogenated alkanes) is 1. The first-order valence-corrected chi connectivity index (χ1v) is 9.77. The predicted octanol–water partition coefficient (Wildman–Crippen LogP) is 0.928. The number of rotatable bonds is 11. The topological polar surface area (TPSA) is 147 Å². The van der Waals surface area contributed by atoms with Gasteiger partial charge in [-0.15, -0.1) is 0 Å². The Labute approximate surface area is 175 Å². The molecule has 9 heteroatoms. The first-order chi connectivity index (χ1) is 14.1. The van der Waals surface area contributed by atoms with Crippen molar-refractivity contribution >= 4 is 35.1 Å². The van der Waals surface area contributed by atoms with Crippen molar-refractivity contribution in [1.29, 1.82) is 0 Å². The molecule has 0 bridgehead atoms. The van der Waals surface area contributed by atoms with Crippen LogP contribution in [0.5, 0.6) is 0 Å². The second-order valence-corrected chi connectivity index (χ2v) is 7.02. The van der Waals surface area contributed by atoms with Crippen LogP contribution < -0.4 is 11.1 Å². The van der Waals surface area contributed by atoms with Crippen LogP contribution in [-0.2, 0) is 30.4 Å². The van der Waals surface area contributed by atoms with Crippen LogP contribution in [0.25, 0.3) is 0 Å². The number of benzene rings is 1. The highest BCUT2D eigenvalue weighted by molar-refractivity contribution is 6.11. The molecule has 0 spiro atoms. The van der Waals surface area contributed by atoms with E-state index in [1.165, 1.54) is 6.92 Å². The zero-order valence-corrected chi connectivity index (χ0v) is 17.3. The van der Waals surface area contributed by atoms with E-state index in [9.17, 15) is 24.0 Å². The summed E-state index contributed by atoms with van der Waals surface area (Å²) in [6.45, 7) is 2.12. The van der Waals surface area contributed by atoms with Crippen LogP contribution in [0.15, 0.2) is 24.3 Å². The number of anilines is 1. The van der Waals surface area contributed by atoms with Gasteiger partial charge in [-0.1, -0.05) is 12.1 Å². The number of imide groups is 3. The Balaban J connectivity index is 2.61. The number of carbonyl (C=O) groups excluding carboxylic acids is 5. The maximum absolute atomic E-state index is 12.4. The number of Topliss-reactive ketones (excluding diaryl/α,β-unsaturated/α-hetero) is 1. The van der Waals surface area contributed by atoms with E-state index in [1.54, 1.807) is 24.3 Å². The Hall–Kier alpha value is -2.91. The fourth-order valence-electron chi connectivity index (χ4n) is 2.78. The lowest BCUT2D eigenvalue weighted by molar-refractivity contribution is -0.154. The average Bonchev–Trinajstić information content (AvgIpc) is 2.66. The number of nitrogens with zero attached hydrogens (tertiary/aromatic N) is 1. The molecule has 1 aromatic carbocycles. The minimum absolute atomic E-state index is 0.0916. The van der Waals surface area contributed by atoms with Crippen molar-refractivity contribution in [2.45, 2.75) is 58.4 Å². The lowest BCUT2D eigenvalue weighted by Crippen LogP contribution is -2.50. The molecule has 1 rings (SSSR count). The lowest BCUT2D eigenvalue weighted by atomic mass is 10.0. The summed E-state index contributed by atoms with van der Waals surface area (Å²) in [5.74, 6) is -2.43. The summed E-state index contributed by atoms with van der Waals surface area (Å²) in [5.41, 5.74) is 7.15. The molecule has 164 valence electrons. The third-order valence-electron chi connectivity index (χ3n) is 4.30. The van der Waals surface area contributed by atoms with Crippen molar-refractivity contribution in [2.24, 2.45) is 5.73 Å². The maximum atomic E-state index is 12.4. The van der Waals surface area contributed by atoms with Crippen molar-refractivity contribution in [3.8, 4) is 0 Å². The molecule has 9 nitrogen and oxygen atoms in total. The molecule has 0 aliphatic rings. The van der Waals surface area contributed by atoms with Gasteiger partial charge in [-0.05, 0) is 43.9 Å². The van der Waals surface area contributed by atoms with Gasteiger partial charge in [0.1, 0.15) is 5.78 Å². The lowest BCUT2D eigenvalue weighted by Gasteiger charge is -2.21. The SMILES string of the molecule is CC(=O)CCCCC(=O)Nc1ccc(C[C@H](N)C(=O)N(C(C)=O)C(=O)CCO)cc1. The van der Waals surface area contributed by atoms with Gasteiger partial charge in [-0.3, -0.25) is 19.2 Å². The van der Waals surface area contributed by atoms with Crippen LogP contribution >= 0.6 is 0 Å². The number of ketones is 1. The number of nitrogens with two attached hydrogens (primary N) is 1. The van der Waals surface area contributed by atoms with Crippen LogP contribution in [0.4, 0.5) is 5.69 Å². The molecule has 1 atom stereocenters. The van der Waals surface area contributed by atoms with Crippen LogP contribution in [0.1, 0.15) is 51.5 Å². The molecule has 0 unspecified atom stereocenters. The van der Waals surface area contributed by atoms with Gasteiger partial charge >= 0.3 is 0 Å². The smallest absolute Gasteiger partial charge is 0.253 e. The van der Waals surface area contributed by atoms with E-state index in [2.05, 4.69) is 5.32 Å². The first-order valence-electron chi connectivity index (χ1n) is 9.77. The molecule has 0 aliphatic carbocycles. The van der Waals surface area contributed by atoms with Gasteiger partial charge < -0.3 is 21.0 Å². The quantitative estimate of drug-likeness (QED) is 0.452. The van der Waals surface area contributed by atoms with Gasteiger partial charge in [0.2, 0.25) is 17.7 Å². The third kappa shape index (κ3) is 8.62. The molecule has 1 aromatic rings. The van der Waals surface area contributed by atoms with Gasteiger partial charge in [-0.2, -0.15) is 0 Å². The Bertz CT molecular complexity index is 775. The Morgan fingerprint density at radius 2 is 1.60 bits per heavy atom. The fraction of sp³-hybridized carbons (Fsp3) is 0.476. The van der Waals surface area contributed by atoms with Crippen molar-refractivity contribution < 1.29 is 29.1 Å². The third-order valence-corrected chi connectivity index (χ3v) is 4.30. The summed E-state index contributed by atoms with van der Waals surface area (Å²) < 4.78 is 0. The fourth-order valence-corrected chi connectivity index (χ4v) is 2.78. The number of aliphatic hydroxyl groups is 1. The van der Waals surface area contributed by atoms with E-state index < -0.39 is 30.4 Å². The zero-order valence-electron chi connectivity index (χ0n) is 17.3. The Kier molecular flexibility index (Phi) is 10.6. The summed E-state index contributed by atoms with van der Waals surface area (Å²) >= 11 is 0. The number of amides is 4. The number of hydrogen-bond acceptors (Lipinski definition) is 7. The van der Waals surface area contributed by atoms with Crippen molar-refractivity contribution in [2.75, 3.05) is 11.9 Å². The molecular formula is C21H29N3O6. The molecule has 0 saturated heterocycles. The average molecular weight is 419 g/mol.